The number of Topliss-reactive ketones (excluding diaryl/α,β-unsaturated/α-hetero) is 1. The number of hydrogen-bond acceptors (Lipinski definition) is 4. The van der Waals surface area contributed by atoms with Crippen LogP contribution >= 0.6 is 0 Å². The molecule has 2 aromatic heterocycles. The van der Waals surface area contributed by atoms with E-state index < -0.39 is 0 Å². The number of aromatic nitrogens is 2. The summed E-state index contributed by atoms with van der Waals surface area (Å²) in [4.78, 5) is 24.7. The van der Waals surface area contributed by atoms with E-state index >= 15 is 0 Å². The maximum Gasteiger partial charge on any atom is 0.274 e. The molecule has 0 amide bonds. The summed E-state index contributed by atoms with van der Waals surface area (Å²) < 4.78 is 6.67. The van der Waals surface area contributed by atoms with Crippen molar-refractivity contribution < 1.29 is 9.21 Å². The highest BCUT2D eigenvalue weighted by Gasteiger charge is 2.13. The van der Waals surface area contributed by atoms with Gasteiger partial charge in [-0.25, -0.2) is 4.68 Å². The van der Waals surface area contributed by atoms with Crippen LogP contribution in [0.4, 0.5) is 0 Å². The number of nitrogens with zero attached hydrogens (tertiary/aromatic N) is 2. The van der Waals surface area contributed by atoms with Crippen molar-refractivity contribution in [2.45, 2.75) is 12.8 Å². The van der Waals surface area contributed by atoms with E-state index in [0.717, 1.165) is 21.9 Å². The molecule has 2 heterocycles. The first-order chi connectivity index (χ1) is 12.1. The smallest absolute Gasteiger partial charge is 0.274 e. The van der Waals surface area contributed by atoms with Crippen molar-refractivity contribution in [2.75, 3.05) is 0 Å². The molecule has 0 saturated carbocycles. The van der Waals surface area contributed by atoms with Crippen LogP contribution in [0.2, 0.25) is 0 Å². The normalized spacial score (nSPS) is 11.2. The Hall–Kier alpha value is -3.21. The van der Waals surface area contributed by atoms with Gasteiger partial charge in [-0.3, -0.25) is 9.59 Å². The summed E-state index contributed by atoms with van der Waals surface area (Å²) in [6.45, 7) is 0. The van der Waals surface area contributed by atoms with E-state index in [2.05, 4.69) is 5.10 Å². The first-order valence-corrected chi connectivity index (χ1v) is 8.04. The monoisotopic (exact) mass is 332 g/mol. The summed E-state index contributed by atoms with van der Waals surface area (Å²) in [6, 6.07) is 14.9. The zero-order valence-electron chi connectivity index (χ0n) is 13.7. The maximum atomic E-state index is 12.5. The number of hydrogen-bond donors (Lipinski definition) is 0. The minimum absolute atomic E-state index is 0.0437. The fourth-order valence-electron chi connectivity index (χ4n) is 3.09. The summed E-state index contributed by atoms with van der Waals surface area (Å²) in [6.07, 6.45) is 2.12. The van der Waals surface area contributed by atoms with E-state index in [4.69, 9.17) is 4.42 Å². The van der Waals surface area contributed by atoms with Gasteiger partial charge in [-0.1, -0.05) is 30.3 Å². The average Bonchev–Trinajstić information content (AvgIpc) is 3.07. The van der Waals surface area contributed by atoms with Crippen LogP contribution < -0.4 is 5.56 Å². The van der Waals surface area contributed by atoms with Crippen LogP contribution in [-0.2, 0) is 24.7 Å². The van der Waals surface area contributed by atoms with E-state index in [0.29, 0.717) is 17.5 Å². The Balaban J connectivity index is 1.63. The van der Waals surface area contributed by atoms with Gasteiger partial charge in [-0.2, -0.15) is 5.10 Å². The van der Waals surface area contributed by atoms with Gasteiger partial charge in [0.05, 0.1) is 23.8 Å². The predicted molar refractivity (Wildman–Crippen MR) is 95.6 cm³/mol. The van der Waals surface area contributed by atoms with Crippen LogP contribution in [-0.4, -0.2) is 15.6 Å². The maximum absolute atomic E-state index is 12.5. The van der Waals surface area contributed by atoms with Crippen LogP contribution in [0.15, 0.2) is 64.0 Å². The summed E-state index contributed by atoms with van der Waals surface area (Å²) in [5, 5.41) is 6.62. The summed E-state index contributed by atoms with van der Waals surface area (Å²) in [7, 11) is 1.60. The van der Waals surface area contributed by atoms with Crippen molar-refractivity contribution in [3.63, 3.8) is 0 Å². The molecule has 0 bridgehead atoms. The molecule has 0 spiro atoms. The van der Waals surface area contributed by atoms with Crippen molar-refractivity contribution >= 4 is 27.5 Å². The third-order valence-corrected chi connectivity index (χ3v) is 4.32. The molecular formula is C20H16N2O3. The van der Waals surface area contributed by atoms with Crippen LogP contribution in [0, 0.1) is 0 Å². The van der Waals surface area contributed by atoms with Gasteiger partial charge in [0, 0.05) is 24.2 Å². The summed E-state index contributed by atoms with van der Waals surface area (Å²) in [5.41, 5.74) is 2.15. The number of rotatable bonds is 4. The first kappa shape index (κ1) is 15.3. The van der Waals surface area contributed by atoms with E-state index in [1.165, 1.54) is 4.68 Å². The summed E-state index contributed by atoms with van der Waals surface area (Å²) >= 11 is 0. The SMILES string of the molecule is Cn1nc(CC(=O)Cc2ccc3ccoc3c2)c2ccccc2c1=O. The molecule has 0 N–H and O–H groups in total. The largest absolute Gasteiger partial charge is 0.464 e. The first-order valence-electron chi connectivity index (χ1n) is 8.04. The molecule has 0 atom stereocenters. The number of benzene rings is 2. The lowest BCUT2D eigenvalue weighted by atomic mass is 10.0. The average molecular weight is 332 g/mol. The summed E-state index contributed by atoms with van der Waals surface area (Å²) in [5.74, 6) is 0.0437. The van der Waals surface area contributed by atoms with Crippen LogP contribution in [0.1, 0.15) is 11.3 Å². The van der Waals surface area contributed by atoms with Gasteiger partial charge in [0.15, 0.2) is 0 Å². The van der Waals surface area contributed by atoms with E-state index in [9.17, 15) is 9.59 Å². The zero-order chi connectivity index (χ0) is 17.4. The fourth-order valence-corrected chi connectivity index (χ4v) is 3.09. The highest BCUT2D eigenvalue weighted by atomic mass is 16.3. The van der Waals surface area contributed by atoms with Gasteiger partial charge < -0.3 is 4.42 Å². The lowest BCUT2D eigenvalue weighted by molar-refractivity contribution is -0.117. The van der Waals surface area contributed by atoms with Crippen LogP contribution in [0.25, 0.3) is 21.7 Å². The second-order valence-corrected chi connectivity index (χ2v) is 6.11. The van der Waals surface area contributed by atoms with Gasteiger partial charge in [-0.15, -0.1) is 0 Å². The third kappa shape index (κ3) is 2.85. The topological polar surface area (TPSA) is 65.1 Å². The molecule has 4 aromatic rings. The number of carbonyl (C=O) groups excluding carboxylic acids is 1. The van der Waals surface area contributed by atoms with Crippen molar-refractivity contribution in [1.82, 2.24) is 9.78 Å². The van der Waals surface area contributed by atoms with Crippen LogP contribution in [0.3, 0.4) is 0 Å². The Labute approximate surface area is 143 Å². The van der Waals surface area contributed by atoms with E-state index in [1.807, 2.05) is 42.5 Å². The van der Waals surface area contributed by atoms with Crippen molar-refractivity contribution in [1.29, 1.82) is 0 Å². The minimum atomic E-state index is -0.157. The van der Waals surface area contributed by atoms with Crippen molar-refractivity contribution in [2.24, 2.45) is 7.05 Å². The highest BCUT2D eigenvalue weighted by Crippen LogP contribution is 2.18. The third-order valence-electron chi connectivity index (χ3n) is 4.32. The Bertz CT molecular complexity index is 1150. The lowest BCUT2D eigenvalue weighted by Crippen LogP contribution is -2.22. The molecule has 0 fully saturated rings. The standard InChI is InChI=1S/C20H16N2O3/c1-22-20(24)17-5-3-2-4-16(17)18(21-22)12-15(23)10-13-6-7-14-8-9-25-19(14)11-13/h2-9,11H,10,12H2,1H3. The zero-order valence-corrected chi connectivity index (χ0v) is 13.7. The molecule has 5 nitrogen and oxygen atoms in total. The second-order valence-electron chi connectivity index (χ2n) is 6.11. The molecule has 25 heavy (non-hydrogen) atoms. The number of ketones is 1. The van der Waals surface area contributed by atoms with Crippen molar-refractivity contribution in [3.05, 3.63) is 76.4 Å². The van der Waals surface area contributed by atoms with Crippen LogP contribution in [0.5, 0.6) is 0 Å². The Morgan fingerprint density at radius 3 is 2.72 bits per heavy atom. The van der Waals surface area contributed by atoms with Gasteiger partial charge in [0.25, 0.3) is 5.56 Å². The van der Waals surface area contributed by atoms with E-state index in [1.54, 1.807) is 19.4 Å². The molecule has 0 radical (unpaired) electrons. The van der Waals surface area contributed by atoms with Gasteiger partial charge >= 0.3 is 0 Å². The Morgan fingerprint density at radius 1 is 1.08 bits per heavy atom. The Morgan fingerprint density at radius 2 is 1.88 bits per heavy atom. The molecule has 4 rings (SSSR count). The lowest BCUT2D eigenvalue weighted by Gasteiger charge is -2.07. The van der Waals surface area contributed by atoms with Gasteiger partial charge in [0.1, 0.15) is 11.4 Å². The number of furan rings is 1. The highest BCUT2D eigenvalue weighted by molar-refractivity contribution is 5.90. The van der Waals surface area contributed by atoms with Gasteiger partial charge in [0.2, 0.25) is 0 Å². The fraction of sp³-hybridized carbons (Fsp3) is 0.150. The number of aryl methyl sites for hydroxylation is 1. The number of fused-ring (bicyclic) bond motifs is 2. The molecule has 124 valence electrons. The molecule has 2 aromatic carbocycles. The molecule has 0 aliphatic heterocycles. The second kappa shape index (κ2) is 6.02. The molecule has 5 heteroatoms. The quantitative estimate of drug-likeness (QED) is 0.576. The molecule has 0 unspecified atom stereocenters. The predicted octanol–water partition coefficient (Wildman–Crippen LogP) is 3.03. The molecular weight excluding hydrogens is 316 g/mol. The molecule has 0 saturated heterocycles. The number of carbonyl (C=O) groups is 1. The van der Waals surface area contributed by atoms with Crippen molar-refractivity contribution in [3.8, 4) is 0 Å². The minimum Gasteiger partial charge on any atom is -0.464 e. The Kier molecular flexibility index (Phi) is 3.69. The molecule has 0 aliphatic carbocycles. The molecule has 0 aliphatic rings. The van der Waals surface area contributed by atoms with Gasteiger partial charge in [-0.05, 0) is 23.8 Å². The van der Waals surface area contributed by atoms with E-state index in [-0.39, 0.29) is 17.8 Å².